The van der Waals surface area contributed by atoms with Crippen LogP contribution in [0.3, 0.4) is 0 Å². The van der Waals surface area contributed by atoms with E-state index in [0.717, 1.165) is 22.6 Å². The minimum atomic E-state index is 0.414. The highest BCUT2D eigenvalue weighted by Gasteiger charge is 2.10. The van der Waals surface area contributed by atoms with Crippen molar-refractivity contribution in [2.75, 3.05) is 21.3 Å². The first kappa shape index (κ1) is 11.8. The van der Waals surface area contributed by atoms with Crippen LogP contribution >= 0.6 is 0 Å². The Labute approximate surface area is 89.9 Å². The number of rotatable bonds is 5. The van der Waals surface area contributed by atoms with Crippen molar-refractivity contribution < 1.29 is 14.2 Å². The van der Waals surface area contributed by atoms with Crippen LogP contribution in [0.5, 0.6) is 11.5 Å². The van der Waals surface area contributed by atoms with Crippen LogP contribution in [0.2, 0.25) is 0 Å². The van der Waals surface area contributed by atoms with E-state index in [1.807, 2.05) is 12.1 Å². The molecular weight excluding hydrogens is 194 g/mol. The molecule has 0 aliphatic heterocycles. The van der Waals surface area contributed by atoms with Crippen LogP contribution < -0.4 is 15.2 Å². The molecule has 1 rings (SSSR count). The molecular formula is C11H17NO3. The van der Waals surface area contributed by atoms with Crippen LogP contribution in [0.15, 0.2) is 12.1 Å². The topological polar surface area (TPSA) is 53.7 Å². The monoisotopic (exact) mass is 211 g/mol. The summed E-state index contributed by atoms with van der Waals surface area (Å²) in [4.78, 5) is 0. The number of methoxy groups -OCH3 is 3. The van der Waals surface area contributed by atoms with Crippen molar-refractivity contribution in [3.63, 3.8) is 0 Å². The van der Waals surface area contributed by atoms with Crippen LogP contribution in [0.1, 0.15) is 11.1 Å². The maximum atomic E-state index is 5.64. The first-order valence-electron chi connectivity index (χ1n) is 4.69. The SMILES string of the molecule is COCc1cc(OC)cc(CN)c1OC. The number of ether oxygens (including phenoxy) is 3. The van der Waals surface area contributed by atoms with Gasteiger partial charge in [0.1, 0.15) is 11.5 Å². The van der Waals surface area contributed by atoms with Gasteiger partial charge in [-0.05, 0) is 12.1 Å². The lowest BCUT2D eigenvalue weighted by Gasteiger charge is -2.14. The molecule has 4 nitrogen and oxygen atoms in total. The number of hydrogen-bond acceptors (Lipinski definition) is 4. The summed E-state index contributed by atoms with van der Waals surface area (Å²) >= 11 is 0. The van der Waals surface area contributed by atoms with Crippen molar-refractivity contribution in [2.24, 2.45) is 5.73 Å². The Hall–Kier alpha value is -1.26. The maximum Gasteiger partial charge on any atom is 0.129 e. The maximum absolute atomic E-state index is 5.64. The Morgan fingerprint density at radius 2 is 1.73 bits per heavy atom. The van der Waals surface area contributed by atoms with Crippen molar-refractivity contribution in [2.45, 2.75) is 13.2 Å². The molecule has 0 unspecified atom stereocenters. The van der Waals surface area contributed by atoms with E-state index in [9.17, 15) is 0 Å². The Balaban J connectivity index is 3.19. The normalized spacial score (nSPS) is 10.1. The Morgan fingerprint density at radius 3 is 2.20 bits per heavy atom. The molecule has 2 N–H and O–H groups in total. The van der Waals surface area contributed by atoms with Crippen molar-refractivity contribution in [1.29, 1.82) is 0 Å². The summed E-state index contributed by atoms with van der Waals surface area (Å²) in [6.07, 6.45) is 0. The van der Waals surface area contributed by atoms with E-state index in [1.165, 1.54) is 0 Å². The predicted molar refractivity (Wildman–Crippen MR) is 58.2 cm³/mol. The van der Waals surface area contributed by atoms with Gasteiger partial charge < -0.3 is 19.9 Å². The number of benzene rings is 1. The second-order valence-electron chi connectivity index (χ2n) is 3.12. The number of hydrogen-bond donors (Lipinski definition) is 1. The molecule has 84 valence electrons. The van der Waals surface area contributed by atoms with E-state index in [2.05, 4.69) is 0 Å². The van der Waals surface area contributed by atoms with Crippen molar-refractivity contribution in [3.8, 4) is 11.5 Å². The molecule has 4 heteroatoms. The molecule has 0 bridgehead atoms. The highest BCUT2D eigenvalue weighted by molar-refractivity contribution is 5.47. The number of nitrogens with two attached hydrogens (primary N) is 1. The minimum Gasteiger partial charge on any atom is -0.497 e. The van der Waals surface area contributed by atoms with Crippen LogP contribution in [0.25, 0.3) is 0 Å². The van der Waals surface area contributed by atoms with Gasteiger partial charge in [0.2, 0.25) is 0 Å². The average molecular weight is 211 g/mol. The third-order valence-electron chi connectivity index (χ3n) is 2.18. The van der Waals surface area contributed by atoms with Gasteiger partial charge in [-0.15, -0.1) is 0 Å². The molecule has 0 atom stereocenters. The fourth-order valence-electron chi connectivity index (χ4n) is 1.52. The molecule has 0 amide bonds. The van der Waals surface area contributed by atoms with E-state index in [-0.39, 0.29) is 0 Å². The van der Waals surface area contributed by atoms with Crippen molar-refractivity contribution >= 4 is 0 Å². The van der Waals surface area contributed by atoms with E-state index < -0.39 is 0 Å². The summed E-state index contributed by atoms with van der Waals surface area (Å²) < 4.78 is 15.6. The summed E-state index contributed by atoms with van der Waals surface area (Å²) in [6.45, 7) is 0.893. The van der Waals surface area contributed by atoms with E-state index in [1.54, 1.807) is 21.3 Å². The second-order valence-corrected chi connectivity index (χ2v) is 3.12. The van der Waals surface area contributed by atoms with Gasteiger partial charge in [0.25, 0.3) is 0 Å². The van der Waals surface area contributed by atoms with Gasteiger partial charge >= 0.3 is 0 Å². The summed E-state index contributed by atoms with van der Waals surface area (Å²) in [5.41, 5.74) is 7.50. The van der Waals surface area contributed by atoms with Crippen molar-refractivity contribution in [1.82, 2.24) is 0 Å². The Morgan fingerprint density at radius 1 is 1.07 bits per heavy atom. The zero-order chi connectivity index (χ0) is 11.3. The molecule has 15 heavy (non-hydrogen) atoms. The molecule has 1 aromatic carbocycles. The molecule has 0 heterocycles. The molecule has 0 radical (unpaired) electrons. The van der Waals surface area contributed by atoms with Gasteiger partial charge in [0, 0.05) is 24.8 Å². The summed E-state index contributed by atoms with van der Waals surface area (Å²) in [5, 5.41) is 0. The van der Waals surface area contributed by atoms with E-state index in [4.69, 9.17) is 19.9 Å². The van der Waals surface area contributed by atoms with E-state index in [0.29, 0.717) is 13.2 Å². The quantitative estimate of drug-likeness (QED) is 0.797. The van der Waals surface area contributed by atoms with Crippen LogP contribution in [-0.2, 0) is 17.9 Å². The van der Waals surface area contributed by atoms with E-state index >= 15 is 0 Å². The average Bonchev–Trinajstić information content (AvgIpc) is 2.28. The van der Waals surface area contributed by atoms with Crippen molar-refractivity contribution in [3.05, 3.63) is 23.3 Å². The highest BCUT2D eigenvalue weighted by atomic mass is 16.5. The molecule has 0 spiro atoms. The lowest BCUT2D eigenvalue weighted by molar-refractivity contribution is 0.181. The molecule has 0 aromatic heterocycles. The molecule has 0 saturated carbocycles. The molecule has 0 aliphatic rings. The summed E-state index contributed by atoms with van der Waals surface area (Å²) in [7, 11) is 4.89. The third-order valence-corrected chi connectivity index (χ3v) is 2.18. The van der Waals surface area contributed by atoms with Gasteiger partial charge in [-0.25, -0.2) is 0 Å². The first-order valence-corrected chi connectivity index (χ1v) is 4.69. The zero-order valence-electron chi connectivity index (χ0n) is 9.37. The largest absolute Gasteiger partial charge is 0.497 e. The lowest BCUT2D eigenvalue weighted by Crippen LogP contribution is -2.04. The zero-order valence-corrected chi connectivity index (χ0v) is 9.37. The second kappa shape index (κ2) is 5.58. The van der Waals surface area contributed by atoms with Gasteiger partial charge in [0.15, 0.2) is 0 Å². The molecule has 0 saturated heterocycles. The third kappa shape index (κ3) is 2.61. The lowest BCUT2D eigenvalue weighted by atomic mass is 10.1. The standard InChI is InChI=1S/C11H17NO3/c1-13-7-9-5-10(14-2)4-8(6-12)11(9)15-3/h4-5H,6-7,12H2,1-3H3. The van der Waals surface area contributed by atoms with Crippen LogP contribution in [0.4, 0.5) is 0 Å². The molecule has 1 aromatic rings. The van der Waals surface area contributed by atoms with Crippen LogP contribution in [0, 0.1) is 0 Å². The molecule has 0 fully saturated rings. The van der Waals surface area contributed by atoms with Gasteiger partial charge in [0.05, 0.1) is 20.8 Å². The highest BCUT2D eigenvalue weighted by Crippen LogP contribution is 2.29. The molecule has 0 aliphatic carbocycles. The fraction of sp³-hybridized carbons (Fsp3) is 0.455. The Kier molecular flexibility index (Phi) is 4.39. The van der Waals surface area contributed by atoms with Gasteiger partial charge in [-0.3, -0.25) is 0 Å². The van der Waals surface area contributed by atoms with Gasteiger partial charge in [-0.1, -0.05) is 0 Å². The predicted octanol–water partition coefficient (Wildman–Crippen LogP) is 1.31. The summed E-state index contributed by atoms with van der Waals surface area (Å²) in [5.74, 6) is 1.54. The summed E-state index contributed by atoms with van der Waals surface area (Å²) in [6, 6.07) is 3.76. The minimum absolute atomic E-state index is 0.414. The van der Waals surface area contributed by atoms with Crippen LogP contribution in [-0.4, -0.2) is 21.3 Å². The Bertz CT molecular complexity index is 326. The first-order chi connectivity index (χ1) is 7.26. The van der Waals surface area contributed by atoms with Gasteiger partial charge in [-0.2, -0.15) is 0 Å². The fourth-order valence-corrected chi connectivity index (χ4v) is 1.52. The smallest absolute Gasteiger partial charge is 0.129 e.